The predicted molar refractivity (Wildman–Crippen MR) is 64.7 cm³/mol. The molecule has 3 nitrogen and oxygen atoms in total. The molecule has 0 fully saturated rings. The smallest absolute Gasteiger partial charge is 0.122 e. The van der Waals surface area contributed by atoms with Crippen molar-refractivity contribution >= 4 is 0 Å². The van der Waals surface area contributed by atoms with Gasteiger partial charge in [0.05, 0.1) is 13.7 Å². The molecule has 0 amide bonds. The zero-order valence-corrected chi connectivity index (χ0v) is 9.53. The van der Waals surface area contributed by atoms with Gasteiger partial charge in [0.1, 0.15) is 11.5 Å². The van der Waals surface area contributed by atoms with Gasteiger partial charge >= 0.3 is 0 Å². The standard InChI is InChI=1S/C13H17NO2/c1-3-4-9-16-13-6-5-12(15-2)10-11(13)7-8-14/h1,5-6,10H,4,7-9,14H2,2H3. The van der Waals surface area contributed by atoms with Gasteiger partial charge in [-0.1, -0.05) is 0 Å². The molecule has 0 saturated carbocycles. The Bertz CT molecular complexity index is 369. The summed E-state index contributed by atoms with van der Waals surface area (Å²) in [5.74, 6) is 4.19. The molecule has 0 aliphatic carbocycles. The molecular formula is C13H17NO2. The molecule has 0 bridgehead atoms. The molecule has 0 saturated heterocycles. The Morgan fingerprint density at radius 3 is 2.88 bits per heavy atom. The monoisotopic (exact) mass is 219 g/mol. The van der Waals surface area contributed by atoms with Crippen LogP contribution in [0.15, 0.2) is 18.2 Å². The Kier molecular flexibility index (Phi) is 5.24. The van der Waals surface area contributed by atoms with E-state index in [1.54, 1.807) is 7.11 Å². The third-order valence-electron chi connectivity index (χ3n) is 2.19. The minimum absolute atomic E-state index is 0.528. The molecule has 0 aliphatic heterocycles. The lowest BCUT2D eigenvalue weighted by Gasteiger charge is -2.11. The fourth-order valence-electron chi connectivity index (χ4n) is 1.39. The summed E-state index contributed by atoms with van der Waals surface area (Å²) in [6.45, 7) is 1.11. The largest absolute Gasteiger partial charge is 0.497 e. The Hall–Kier alpha value is -1.66. The maximum absolute atomic E-state index is 5.58. The normalized spacial score (nSPS) is 9.56. The highest BCUT2D eigenvalue weighted by Crippen LogP contribution is 2.24. The third kappa shape index (κ3) is 3.48. The zero-order valence-electron chi connectivity index (χ0n) is 9.53. The summed E-state index contributed by atoms with van der Waals surface area (Å²) in [6, 6.07) is 5.70. The van der Waals surface area contributed by atoms with E-state index in [2.05, 4.69) is 5.92 Å². The van der Waals surface area contributed by atoms with Gasteiger partial charge in [-0.3, -0.25) is 0 Å². The van der Waals surface area contributed by atoms with Crippen molar-refractivity contribution in [2.75, 3.05) is 20.3 Å². The molecule has 0 unspecified atom stereocenters. The van der Waals surface area contributed by atoms with E-state index in [1.165, 1.54) is 0 Å². The number of terminal acetylenes is 1. The summed E-state index contributed by atoms with van der Waals surface area (Å²) in [4.78, 5) is 0. The number of hydrogen-bond donors (Lipinski definition) is 1. The maximum atomic E-state index is 5.58. The molecule has 1 aromatic rings. The number of methoxy groups -OCH3 is 1. The molecule has 3 heteroatoms. The Morgan fingerprint density at radius 1 is 1.44 bits per heavy atom. The van der Waals surface area contributed by atoms with Gasteiger partial charge in [-0.25, -0.2) is 0 Å². The van der Waals surface area contributed by atoms with E-state index in [0.29, 0.717) is 19.6 Å². The lowest BCUT2D eigenvalue weighted by atomic mass is 10.1. The van der Waals surface area contributed by atoms with E-state index in [0.717, 1.165) is 23.5 Å². The highest BCUT2D eigenvalue weighted by molar-refractivity contribution is 5.40. The van der Waals surface area contributed by atoms with Gasteiger partial charge in [0.15, 0.2) is 0 Å². The summed E-state index contributed by atoms with van der Waals surface area (Å²) in [5, 5.41) is 0. The molecule has 0 radical (unpaired) electrons. The molecule has 2 N–H and O–H groups in total. The first-order valence-corrected chi connectivity index (χ1v) is 5.25. The summed E-state index contributed by atoms with van der Waals surface area (Å²) in [7, 11) is 1.64. The van der Waals surface area contributed by atoms with E-state index < -0.39 is 0 Å². The van der Waals surface area contributed by atoms with Gasteiger partial charge in [-0.05, 0) is 36.7 Å². The van der Waals surface area contributed by atoms with E-state index in [4.69, 9.17) is 21.6 Å². The van der Waals surface area contributed by atoms with Gasteiger partial charge in [-0.2, -0.15) is 0 Å². The average molecular weight is 219 g/mol. The second-order valence-electron chi connectivity index (χ2n) is 3.31. The number of ether oxygens (including phenoxy) is 2. The van der Waals surface area contributed by atoms with E-state index in [9.17, 15) is 0 Å². The van der Waals surface area contributed by atoms with Crippen LogP contribution in [0.2, 0.25) is 0 Å². The van der Waals surface area contributed by atoms with Gasteiger partial charge in [0, 0.05) is 6.42 Å². The lowest BCUT2D eigenvalue weighted by Crippen LogP contribution is -2.06. The van der Waals surface area contributed by atoms with Crippen molar-refractivity contribution in [2.45, 2.75) is 12.8 Å². The van der Waals surface area contributed by atoms with E-state index in [-0.39, 0.29) is 0 Å². The van der Waals surface area contributed by atoms with Crippen LogP contribution in [0.4, 0.5) is 0 Å². The van der Waals surface area contributed by atoms with Crippen molar-refractivity contribution in [3.05, 3.63) is 23.8 Å². The third-order valence-corrected chi connectivity index (χ3v) is 2.19. The van der Waals surface area contributed by atoms with Crippen LogP contribution in [0.5, 0.6) is 11.5 Å². The molecule has 1 rings (SSSR count). The SMILES string of the molecule is C#CCCOc1ccc(OC)cc1CCN. The van der Waals surface area contributed by atoms with Crippen LogP contribution < -0.4 is 15.2 Å². The van der Waals surface area contributed by atoms with Crippen LogP contribution in [-0.2, 0) is 6.42 Å². The molecule has 16 heavy (non-hydrogen) atoms. The molecule has 86 valence electrons. The molecule has 1 aromatic carbocycles. The first-order chi connectivity index (χ1) is 7.81. The summed E-state index contributed by atoms with van der Waals surface area (Å²) >= 11 is 0. The molecule has 0 spiro atoms. The van der Waals surface area contributed by atoms with Crippen LogP contribution in [-0.4, -0.2) is 20.3 Å². The average Bonchev–Trinajstić information content (AvgIpc) is 2.31. The van der Waals surface area contributed by atoms with Crippen molar-refractivity contribution in [1.82, 2.24) is 0 Å². The van der Waals surface area contributed by atoms with E-state index in [1.807, 2.05) is 18.2 Å². The number of benzene rings is 1. The molecular weight excluding hydrogens is 202 g/mol. The fraction of sp³-hybridized carbons (Fsp3) is 0.385. The van der Waals surface area contributed by atoms with Crippen LogP contribution in [0.25, 0.3) is 0 Å². The fourth-order valence-corrected chi connectivity index (χ4v) is 1.39. The van der Waals surface area contributed by atoms with Crippen molar-refractivity contribution in [1.29, 1.82) is 0 Å². The molecule has 0 heterocycles. The maximum Gasteiger partial charge on any atom is 0.122 e. The van der Waals surface area contributed by atoms with Gasteiger partial charge in [0.25, 0.3) is 0 Å². The van der Waals surface area contributed by atoms with E-state index >= 15 is 0 Å². The Balaban J connectivity index is 2.77. The minimum atomic E-state index is 0.528. The van der Waals surface area contributed by atoms with Gasteiger partial charge in [-0.15, -0.1) is 12.3 Å². The molecule has 0 aromatic heterocycles. The topological polar surface area (TPSA) is 44.5 Å². The molecule has 0 aliphatic rings. The quantitative estimate of drug-likeness (QED) is 0.584. The highest BCUT2D eigenvalue weighted by Gasteiger charge is 2.04. The van der Waals surface area contributed by atoms with Crippen molar-refractivity contribution in [3.63, 3.8) is 0 Å². The van der Waals surface area contributed by atoms with Crippen molar-refractivity contribution in [3.8, 4) is 23.8 Å². The second-order valence-corrected chi connectivity index (χ2v) is 3.31. The first kappa shape index (κ1) is 12.4. The predicted octanol–water partition coefficient (Wildman–Crippen LogP) is 1.60. The van der Waals surface area contributed by atoms with Crippen molar-refractivity contribution in [2.24, 2.45) is 5.73 Å². The van der Waals surface area contributed by atoms with Gasteiger partial charge in [0.2, 0.25) is 0 Å². The summed E-state index contributed by atoms with van der Waals surface area (Å²) in [6.07, 6.45) is 6.54. The Labute approximate surface area is 96.6 Å². The van der Waals surface area contributed by atoms with Crippen LogP contribution in [0.1, 0.15) is 12.0 Å². The number of rotatable bonds is 6. The number of nitrogens with two attached hydrogens (primary N) is 1. The lowest BCUT2D eigenvalue weighted by molar-refractivity contribution is 0.322. The van der Waals surface area contributed by atoms with Crippen LogP contribution in [0, 0.1) is 12.3 Å². The zero-order chi connectivity index (χ0) is 11.8. The van der Waals surface area contributed by atoms with Gasteiger partial charge < -0.3 is 15.2 Å². The highest BCUT2D eigenvalue weighted by atomic mass is 16.5. The summed E-state index contributed by atoms with van der Waals surface area (Å²) in [5.41, 5.74) is 6.60. The van der Waals surface area contributed by atoms with Crippen LogP contribution in [0.3, 0.4) is 0 Å². The minimum Gasteiger partial charge on any atom is -0.497 e. The van der Waals surface area contributed by atoms with Crippen LogP contribution >= 0.6 is 0 Å². The number of hydrogen-bond acceptors (Lipinski definition) is 3. The first-order valence-electron chi connectivity index (χ1n) is 5.25. The molecule has 0 atom stereocenters. The summed E-state index contributed by atoms with van der Waals surface area (Å²) < 4.78 is 10.7. The van der Waals surface area contributed by atoms with Crippen molar-refractivity contribution < 1.29 is 9.47 Å². The second kappa shape index (κ2) is 6.76. The Morgan fingerprint density at radius 2 is 2.25 bits per heavy atom.